The minimum Gasteiger partial charge on any atom is -0.323 e. The Bertz CT molecular complexity index is 393. The summed E-state index contributed by atoms with van der Waals surface area (Å²) in [5, 5.41) is 2.61. The average Bonchev–Trinajstić information content (AvgIpc) is 2.05. The van der Waals surface area contributed by atoms with Crippen molar-refractivity contribution in [1.82, 2.24) is 5.32 Å². The first-order valence-electron chi connectivity index (χ1n) is 4.36. The highest BCUT2D eigenvalue weighted by Gasteiger charge is 2.35. The third-order valence-electron chi connectivity index (χ3n) is 2.44. The van der Waals surface area contributed by atoms with Gasteiger partial charge in [0.05, 0.1) is 5.70 Å². The van der Waals surface area contributed by atoms with Crippen molar-refractivity contribution in [3.05, 3.63) is 21.2 Å². The number of carbonyl (C=O) groups is 1. The number of nitrogens with one attached hydrogen (secondary N) is 1. The summed E-state index contributed by atoms with van der Waals surface area (Å²) < 4.78 is 17.1. The van der Waals surface area contributed by atoms with E-state index in [4.69, 9.17) is 0 Å². The molecule has 2 aliphatic heterocycles. The highest BCUT2D eigenvalue weighted by molar-refractivity contribution is 14.2. The van der Waals surface area contributed by atoms with E-state index < -0.39 is 0 Å². The molecule has 14 heavy (non-hydrogen) atoms. The Morgan fingerprint density at radius 2 is 2.29 bits per heavy atom. The van der Waals surface area contributed by atoms with E-state index in [9.17, 15) is 9.18 Å². The van der Waals surface area contributed by atoms with Crippen LogP contribution in [-0.2, 0) is 4.79 Å². The van der Waals surface area contributed by atoms with Crippen LogP contribution in [0.15, 0.2) is 21.2 Å². The Morgan fingerprint density at radius 3 is 3.00 bits per heavy atom. The molecule has 0 unspecified atom stereocenters. The standard InChI is InChI=1S/C10H11FINO/c1-10(2)3-8(14)13-9-6(10)4-12-5-7(9)11/h4-5H,3H2,1-2H3,(H,13,14). The van der Waals surface area contributed by atoms with E-state index >= 15 is 0 Å². The molecule has 2 aliphatic rings. The largest absolute Gasteiger partial charge is 0.323 e. The van der Waals surface area contributed by atoms with Gasteiger partial charge in [-0.05, 0) is 9.58 Å². The van der Waals surface area contributed by atoms with E-state index in [0.717, 1.165) is 5.57 Å². The molecule has 0 saturated carbocycles. The van der Waals surface area contributed by atoms with Crippen LogP contribution in [-0.4, -0.2) is 9.92 Å². The van der Waals surface area contributed by atoms with Crippen molar-refractivity contribution in [3.8, 4) is 0 Å². The van der Waals surface area contributed by atoms with Crippen LogP contribution in [0.25, 0.3) is 0 Å². The molecule has 0 fully saturated rings. The predicted molar refractivity (Wildman–Crippen MR) is 62.8 cm³/mol. The first-order valence-corrected chi connectivity index (χ1v) is 6.86. The van der Waals surface area contributed by atoms with Crippen molar-refractivity contribution in [1.29, 1.82) is 0 Å². The van der Waals surface area contributed by atoms with Crippen LogP contribution in [0.3, 0.4) is 0 Å². The minimum absolute atomic E-state index is 0.0919. The summed E-state index contributed by atoms with van der Waals surface area (Å²) in [6.45, 7) is 3.97. The van der Waals surface area contributed by atoms with Gasteiger partial charge in [0.15, 0.2) is 5.83 Å². The van der Waals surface area contributed by atoms with Gasteiger partial charge >= 0.3 is 0 Å². The zero-order chi connectivity index (χ0) is 10.3. The van der Waals surface area contributed by atoms with Gasteiger partial charge in [0.1, 0.15) is 0 Å². The molecule has 4 heteroatoms. The number of amides is 1. The Kier molecular flexibility index (Phi) is 2.33. The lowest BCUT2D eigenvalue weighted by Gasteiger charge is -2.33. The van der Waals surface area contributed by atoms with Crippen molar-refractivity contribution in [2.24, 2.45) is 5.41 Å². The topological polar surface area (TPSA) is 29.1 Å². The molecule has 0 aliphatic carbocycles. The summed E-state index contributed by atoms with van der Waals surface area (Å²) >= 11 is -0.317. The van der Waals surface area contributed by atoms with Crippen molar-refractivity contribution in [2.45, 2.75) is 20.3 Å². The third-order valence-corrected chi connectivity index (χ3v) is 4.32. The fraction of sp³-hybridized carbons (Fsp3) is 0.400. The smallest absolute Gasteiger partial charge is 0.225 e. The van der Waals surface area contributed by atoms with Crippen LogP contribution in [0, 0.1) is 5.41 Å². The molecule has 1 amide bonds. The van der Waals surface area contributed by atoms with E-state index in [-0.39, 0.29) is 37.9 Å². The SMILES string of the molecule is CC1(C)CC(=O)NC2=C1C=IC=C2F. The molecule has 0 saturated heterocycles. The fourth-order valence-electron chi connectivity index (χ4n) is 1.68. The monoisotopic (exact) mass is 307 g/mol. The first-order chi connectivity index (χ1) is 6.50. The molecule has 76 valence electrons. The second kappa shape index (κ2) is 3.25. The first kappa shape index (κ1) is 10.0. The maximum absolute atomic E-state index is 13.4. The number of rotatable bonds is 0. The number of allylic oxidation sites excluding steroid dienone is 2. The molecule has 0 aromatic rings. The third kappa shape index (κ3) is 1.55. The Hall–Kier alpha value is -0.520. The van der Waals surface area contributed by atoms with Crippen LogP contribution < -0.4 is 5.32 Å². The van der Waals surface area contributed by atoms with Crippen LogP contribution in [0.1, 0.15) is 20.3 Å². The van der Waals surface area contributed by atoms with Gasteiger partial charge in [-0.2, -0.15) is 0 Å². The zero-order valence-corrected chi connectivity index (χ0v) is 10.2. The molecule has 1 N–H and O–H groups in total. The van der Waals surface area contributed by atoms with Crippen molar-refractivity contribution in [2.75, 3.05) is 0 Å². The van der Waals surface area contributed by atoms with Gasteiger partial charge in [-0.25, -0.2) is 4.39 Å². The summed E-state index contributed by atoms with van der Waals surface area (Å²) in [6, 6.07) is 0. The highest BCUT2D eigenvalue weighted by Crippen LogP contribution is 2.39. The lowest BCUT2D eigenvalue weighted by molar-refractivity contribution is -0.122. The molecular formula is C10H11FINO. The normalized spacial score (nSPS) is 24.8. The maximum Gasteiger partial charge on any atom is 0.225 e. The van der Waals surface area contributed by atoms with E-state index in [1.807, 2.05) is 13.8 Å². The van der Waals surface area contributed by atoms with Gasteiger partial charge in [0.25, 0.3) is 0 Å². The summed E-state index contributed by atoms with van der Waals surface area (Å²) in [4.78, 5) is 11.3. The molecule has 0 aromatic heterocycles. The molecular weight excluding hydrogens is 296 g/mol. The molecule has 0 spiro atoms. The van der Waals surface area contributed by atoms with E-state index in [0.29, 0.717) is 12.1 Å². The summed E-state index contributed by atoms with van der Waals surface area (Å²) in [6.07, 6.45) is 0.444. The van der Waals surface area contributed by atoms with Gasteiger partial charge < -0.3 is 5.32 Å². The van der Waals surface area contributed by atoms with Crippen LogP contribution in [0.2, 0.25) is 0 Å². The zero-order valence-electron chi connectivity index (χ0n) is 8.03. The average molecular weight is 307 g/mol. The van der Waals surface area contributed by atoms with Gasteiger partial charge in [-0.3, -0.25) is 4.79 Å². The van der Waals surface area contributed by atoms with E-state index in [2.05, 4.69) is 9.33 Å². The second-order valence-electron chi connectivity index (χ2n) is 4.09. The fourth-order valence-corrected chi connectivity index (χ4v) is 4.00. The van der Waals surface area contributed by atoms with Crippen LogP contribution >= 0.6 is 20.7 Å². The summed E-state index contributed by atoms with van der Waals surface area (Å²) in [7, 11) is 0. The molecule has 0 atom stereocenters. The van der Waals surface area contributed by atoms with Gasteiger partial charge in [0, 0.05) is 15.9 Å². The molecule has 2 nitrogen and oxygen atoms in total. The minimum atomic E-state index is -0.317. The second-order valence-corrected chi connectivity index (χ2v) is 6.05. The van der Waals surface area contributed by atoms with Crippen molar-refractivity contribution in [3.63, 3.8) is 0 Å². The Morgan fingerprint density at radius 1 is 1.57 bits per heavy atom. The number of halogens is 2. The van der Waals surface area contributed by atoms with Gasteiger partial charge in [-0.1, -0.05) is 34.6 Å². The number of carbonyl (C=O) groups excluding carboxylic acids is 1. The van der Waals surface area contributed by atoms with E-state index in [1.54, 1.807) is 4.08 Å². The maximum atomic E-state index is 13.4. The lowest BCUT2D eigenvalue weighted by atomic mass is 9.78. The molecule has 0 radical (unpaired) electrons. The van der Waals surface area contributed by atoms with Crippen molar-refractivity contribution >= 4 is 30.6 Å². The van der Waals surface area contributed by atoms with Crippen LogP contribution in [0.5, 0.6) is 0 Å². The molecule has 2 rings (SSSR count). The molecule has 2 heterocycles. The van der Waals surface area contributed by atoms with Gasteiger partial charge in [0.2, 0.25) is 5.91 Å². The molecule has 0 aromatic carbocycles. The number of hydrogen-bond donors (Lipinski definition) is 1. The Balaban J connectivity index is 2.55. The van der Waals surface area contributed by atoms with Crippen LogP contribution in [0.4, 0.5) is 4.39 Å². The highest BCUT2D eigenvalue weighted by atomic mass is 127. The Labute approximate surface area is 92.0 Å². The predicted octanol–water partition coefficient (Wildman–Crippen LogP) is 2.38. The van der Waals surface area contributed by atoms with E-state index in [1.165, 1.54) is 0 Å². The lowest BCUT2D eigenvalue weighted by Crippen LogP contribution is -2.38. The van der Waals surface area contributed by atoms with Crippen molar-refractivity contribution < 1.29 is 9.18 Å². The summed E-state index contributed by atoms with van der Waals surface area (Å²) in [5.41, 5.74) is 1.16. The van der Waals surface area contributed by atoms with Gasteiger partial charge in [-0.15, -0.1) is 0 Å². The summed E-state index contributed by atoms with van der Waals surface area (Å²) in [5.74, 6) is -0.345. The molecule has 0 bridgehead atoms. The quantitative estimate of drug-likeness (QED) is 0.684. The number of hydrogen-bond acceptors (Lipinski definition) is 1.